The minimum absolute atomic E-state index is 0.347. The molecule has 1 N–H and O–H groups in total. The molecule has 0 saturated heterocycles. The van der Waals surface area contributed by atoms with Gasteiger partial charge < -0.3 is 4.74 Å². The third-order valence-electron chi connectivity index (χ3n) is 2.16. The second-order valence-corrected chi connectivity index (χ2v) is 3.45. The molecule has 0 radical (unpaired) electrons. The summed E-state index contributed by atoms with van der Waals surface area (Å²) >= 11 is 5.78. The Kier molecular flexibility index (Phi) is 2.21. The van der Waals surface area contributed by atoms with Gasteiger partial charge in [-0.15, -0.1) is 0 Å². The summed E-state index contributed by atoms with van der Waals surface area (Å²) in [5.41, 5.74) is 0. The smallest absolute Gasteiger partial charge is 0.176 e. The van der Waals surface area contributed by atoms with Crippen molar-refractivity contribution in [2.24, 2.45) is 0 Å². The van der Waals surface area contributed by atoms with Crippen molar-refractivity contribution in [1.82, 2.24) is 10.2 Å². The second kappa shape index (κ2) is 3.35. The van der Waals surface area contributed by atoms with Crippen LogP contribution in [-0.2, 0) is 0 Å². The van der Waals surface area contributed by atoms with Crippen LogP contribution >= 0.6 is 11.6 Å². The molecule has 1 aromatic rings. The highest BCUT2D eigenvalue weighted by molar-refractivity contribution is 6.30. The van der Waals surface area contributed by atoms with Crippen LogP contribution in [0.25, 0.3) is 0 Å². The highest BCUT2D eigenvalue weighted by Gasteiger charge is 2.18. The van der Waals surface area contributed by atoms with Crippen molar-refractivity contribution in [2.75, 3.05) is 0 Å². The van der Waals surface area contributed by atoms with E-state index in [1.165, 1.54) is 12.8 Å². The van der Waals surface area contributed by atoms with E-state index < -0.39 is 0 Å². The molecule has 2 rings (SSSR count). The highest BCUT2D eigenvalue weighted by Crippen LogP contribution is 2.27. The fraction of sp³-hybridized carbons (Fsp3) is 0.625. The fourth-order valence-corrected chi connectivity index (χ4v) is 1.67. The Morgan fingerprint density at radius 3 is 2.83 bits per heavy atom. The molecule has 0 atom stereocenters. The van der Waals surface area contributed by atoms with Gasteiger partial charge in [0.2, 0.25) is 0 Å². The van der Waals surface area contributed by atoms with Crippen molar-refractivity contribution in [3.8, 4) is 5.75 Å². The molecule has 4 heteroatoms. The van der Waals surface area contributed by atoms with E-state index in [1.54, 1.807) is 6.20 Å². The summed E-state index contributed by atoms with van der Waals surface area (Å²) in [7, 11) is 0. The molecule has 0 aliphatic heterocycles. The first-order valence-corrected chi connectivity index (χ1v) is 4.59. The Morgan fingerprint density at radius 1 is 1.50 bits per heavy atom. The molecule has 1 aromatic heterocycles. The van der Waals surface area contributed by atoms with Gasteiger partial charge in [-0.3, -0.25) is 5.10 Å². The summed E-state index contributed by atoms with van der Waals surface area (Å²) in [6, 6.07) is 0. The molecule has 1 aliphatic rings. The Morgan fingerprint density at radius 2 is 2.25 bits per heavy atom. The second-order valence-electron chi connectivity index (χ2n) is 3.07. The lowest BCUT2D eigenvalue weighted by Gasteiger charge is -2.10. The van der Waals surface area contributed by atoms with Crippen molar-refractivity contribution < 1.29 is 4.74 Å². The Bertz CT molecular complexity index is 255. The molecule has 66 valence electrons. The molecule has 1 aliphatic carbocycles. The first-order chi connectivity index (χ1) is 5.86. The van der Waals surface area contributed by atoms with Crippen LogP contribution in [0, 0.1) is 0 Å². The van der Waals surface area contributed by atoms with E-state index in [0.29, 0.717) is 17.0 Å². The van der Waals surface area contributed by atoms with Crippen molar-refractivity contribution in [2.45, 2.75) is 31.8 Å². The number of ether oxygens (including phenoxy) is 1. The van der Waals surface area contributed by atoms with Gasteiger partial charge in [0.25, 0.3) is 0 Å². The molecule has 0 spiro atoms. The Labute approximate surface area is 76.1 Å². The normalized spacial score (nSPS) is 18.4. The minimum atomic E-state index is 0.347. The van der Waals surface area contributed by atoms with E-state index >= 15 is 0 Å². The van der Waals surface area contributed by atoms with Gasteiger partial charge in [0, 0.05) is 0 Å². The summed E-state index contributed by atoms with van der Waals surface area (Å²) in [6.07, 6.45) is 6.78. The van der Waals surface area contributed by atoms with Crippen LogP contribution in [0.15, 0.2) is 6.20 Å². The van der Waals surface area contributed by atoms with E-state index in [4.69, 9.17) is 16.3 Å². The number of hydrogen-bond acceptors (Lipinski definition) is 2. The molecular weight excluding hydrogens is 176 g/mol. The number of aromatic amines is 1. The molecule has 0 unspecified atom stereocenters. The average molecular weight is 187 g/mol. The number of nitrogens with zero attached hydrogens (tertiary/aromatic N) is 1. The van der Waals surface area contributed by atoms with Crippen molar-refractivity contribution >= 4 is 11.6 Å². The maximum absolute atomic E-state index is 5.78. The first kappa shape index (κ1) is 7.92. The Hall–Kier alpha value is -0.700. The third kappa shape index (κ3) is 1.55. The van der Waals surface area contributed by atoms with Gasteiger partial charge in [-0.25, -0.2) is 0 Å². The summed E-state index contributed by atoms with van der Waals surface area (Å²) in [6.45, 7) is 0. The lowest BCUT2D eigenvalue weighted by Crippen LogP contribution is -2.10. The number of aromatic nitrogens is 2. The number of halogens is 1. The number of nitrogens with one attached hydrogen (secondary N) is 1. The van der Waals surface area contributed by atoms with Crippen molar-refractivity contribution in [3.63, 3.8) is 0 Å². The molecule has 1 heterocycles. The number of H-pyrrole nitrogens is 1. The van der Waals surface area contributed by atoms with Crippen molar-refractivity contribution in [3.05, 3.63) is 11.3 Å². The zero-order valence-electron chi connectivity index (χ0n) is 6.72. The maximum atomic E-state index is 5.78. The minimum Gasteiger partial charge on any atom is -0.486 e. The number of hydrogen-bond donors (Lipinski definition) is 1. The quantitative estimate of drug-likeness (QED) is 0.770. The molecular formula is C8H11ClN2O. The van der Waals surface area contributed by atoms with Gasteiger partial charge >= 0.3 is 0 Å². The Balaban J connectivity index is 1.98. The molecule has 3 nitrogen and oxygen atoms in total. The summed E-state index contributed by atoms with van der Waals surface area (Å²) in [5, 5.41) is 6.92. The number of rotatable bonds is 2. The van der Waals surface area contributed by atoms with E-state index in [-0.39, 0.29) is 0 Å². The largest absolute Gasteiger partial charge is 0.486 e. The van der Waals surface area contributed by atoms with E-state index in [2.05, 4.69) is 10.2 Å². The fourth-order valence-electron chi connectivity index (χ4n) is 1.53. The van der Waals surface area contributed by atoms with E-state index in [1.807, 2.05) is 0 Å². The average Bonchev–Trinajstić information content (AvgIpc) is 2.65. The van der Waals surface area contributed by atoms with Crippen LogP contribution in [0.1, 0.15) is 25.7 Å². The highest BCUT2D eigenvalue weighted by atomic mass is 35.5. The van der Waals surface area contributed by atoms with Gasteiger partial charge in [0.15, 0.2) is 10.9 Å². The maximum Gasteiger partial charge on any atom is 0.176 e. The van der Waals surface area contributed by atoms with Crippen LogP contribution in [0.4, 0.5) is 0 Å². The van der Waals surface area contributed by atoms with Gasteiger partial charge in [0.1, 0.15) is 0 Å². The topological polar surface area (TPSA) is 37.9 Å². The standard InChI is InChI=1S/C8H11ClN2O/c9-8-7(5-10-11-8)12-6-3-1-2-4-6/h5-6H,1-4H2,(H,10,11). The van der Waals surface area contributed by atoms with Crippen LogP contribution < -0.4 is 4.74 Å². The predicted molar refractivity (Wildman–Crippen MR) is 46.5 cm³/mol. The molecule has 1 saturated carbocycles. The van der Waals surface area contributed by atoms with Crippen LogP contribution in [-0.4, -0.2) is 16.3 Å². The summed E-state index contributed by atoms with van der Waals surface area (Å²) in [5.74, 6) is 0.684. The van der Waals surface area contributed by atoms with Crippen LogP contribution in [0.5, 0.6) is 5.75 Å². The third-order valence-corrected chi connectivity index (χ3v) is 2.43. The lowest BCUT2D eigenvalue weighted by molar-refractivity contribution is 0.210. The SMILES string of the molecule is Clc1[nH]ncc1OC1CCCC1. The van der Waals surface area contributed by atoms with Crippen LogP contribution in [0.2, 0.25) is 5.15 Å². The summed E-state index contributed by atoms with van der Waals surface area (Å²) < 4.78 is 5.62. The molecule has 0 amide bonds. The zero-order valence-corrected chi connectivity index (χ0v) is 7.47. The predicted octanol–water partition coefficient (Wildman–Crippen LogP) is 2.38. The molecule has 12 heavy (non-hydrogen) atoms. The lowest BCUT2D eigenvalue weighted by atomic mass is 10.3. The monoisotopic (exact) mass is 186 g/mol. The first-order valence-electron chi connectivity index (χ1n) is 4.22. The van der Waals surface area contributed by atoms with Crippen molar-refractivity contribution in [1.29, 1.82) is 0 Å². The summed E-state index contributed by atoms with van der Waals surface area (Å²) in [4.78, 5) is 0. The van der Waals surface area contributed by atoms with Gasteiger partial charge in [-0.05, 0) is 25.7 Å². The van der Waals surface area contributed by atoms with Gasteiger partial charge in [-0.2, -0.15) is 5.10 Å². The van der Waals surface area contributed by atoms with Crippen LogP contribution in [0.3, 0.4) is 0 Å². The van der Waals surface area contributed by atoms with Gasteiger partial charge in [0.05, 0.1) is 12.3 Å². The molecule has 0 bridgehead atoms. The van der Waals surface area contributed by atoms with E-state index in [9.17, 15) is 0 Å². The molecule has 1 fully saturated rings. The molecule has 0 aromatic carbocycles. The van der Waals surface area contributed by atoms with Gasteiger partial charge in [-0.1, -0.05) is 11.6 Å². The van der Waals surface area contributed by atoms with E-state index in [0.717, 1.165) is 12.8 Å². The zero-order chi connectivity index (χ0) is 8.39.